The standard InChI is InChI=1S/C16H24N2O2/c1-3-20-16(19)17-15-9-13(2)10-18(12-15)11-14-7-5-4-6-8-14/h4-8,13,15H,3,9-12H2,1-2H3,(H,17,19). The first kappa shape index (κ1) is 14.9. The number of alkyl carbamates (subject to hydrolysis) is 1. The molecule has 0 aromatic heterocycles. The van der Waals surface area contributed by atoms with Gasteiger partial charge in [0.25, 0.3) is 0 Å². The Morgan fingerprint density at radius 3 is 2.80 bits per heavy atom. The monoisotopic (exact) mass is 276 g/mol. The van der Waals surface area contributed by atoms with Crippen molar-refractivity contribution >= 4 is 6.09 Å². The van der Waals surface area contributed by atoms with Crippen molar-refractivity contribution in [3.63, 3.8) is 0 Å². The van der Waals surface area contributed by atoms with Gasteiger partial charge in [-0.25, -0.2) is 4.79 Å². The predicted molar refractivity (Wildman–Crippen MR) is 79.4 cm³/mol. The first-order chi connectivity index (χ1) is 9.67. The molecule has 1 N–H and O–H groups in total. The predicted octanol–water partition coefficient (Wildman–Crippen LogP) is 2.64. The number of likely N-dealkylation sites (tertiary alicyclic amines) is 1. The average Bonchev–Trinajstić information content (AvgIpc) is 2.39. The average molecular weight is 276 g/mol. The summed E-state index contributed by atoms with van der Waals surface area (Å²) in [5.74, 6) is 0.583. The molecule has 1 aromatic carbocycles. The van der Waals surface area contributed by atoms with Gasteiger partial charge in [0.1, 0.15) is 0 Å². The van der Waals surface area contributed by atoms with Gasteiger partial charge < -0.3 is 10.1 Å². The van der Waals surface area contributed by atoms with Gasteiger partial charge >= 0.3 is 6.09 Å². The minimum atomic E-state index is -0.300. The molecule has 2 atom stereocenters. The van der Waals surface area contributed by atoms with E-state index >= 15 is 0 Å². The molecule has 1 aromatic rings. The van der Waals surface area contributed by atoms with E-state index in [0.717, 1.165) is 26.1 Å². The molecule has 1 fully saturated rings. The minimum Gasteiger partial charge on any atom is -0.450 e. The molecule has 4 nitrogen and oxygen atoms in total. The lowest BCUT2D eigenvalue weighted by atomic mass is 9.95. The van der Waals surface area contributed by atoms with Gasteiger partial charge in [0.15, 0.2) is 0 Å². The number of hydrogen-bond acceptors (Lipinski definition) is 3. The molecule has 0 aliphatic carbocycles. The third-order valence-corrected chi connectivity index (χ3v) is 3.58. The van der Waals surface area contributed by atoms with Crippen LogP contribution in [0.3, 0.4) is 0 Å². The SMILES string of the molecule is CCOC(=O)NC1CC(C)CN(Cc2ccccc2)C1. The molecule has 0 bridgehead atoms. The van der Waals surface area contributed by atoms with E-state index < -0.39 is 0 Å². The lowest BCUT2D eigenvalue weighted by Crippen LogP contribution is -2.50. The Morgan fingerprint density at radius 1 is 1.35 bits per heavy atom. The molecule has 0 spiro atoms. The molecule has 2 rings (SSSR count). The maximum absolute atomic E-state index is 11.5. The molecule has 110 valence electrons. The topological polar surface area (TPSA) is 41.6 Å². The summed E-state index contributed by atoms with van der Waals surface area (Å²) in [6, 6.07) is 10.6. The Hall–Kier alpha value is -1.55. The van der Waals surface area contributed by atoms with Crippen molar-refractivity contribution in [1.82, 2.24) is 10.2 Å². The smallest absolute Gasteiger partial charge is 0.407 e. The van der Waals surface area contributed by atoms with Crippen LogP contribution in [0, 0.1) is 5.92 Å². The second-order valence-corrected chi connectivity index (χ2v) is 5.58. The molecule has 1 aliphatic rings. The van der Waals surface area contributed by atoms with Crippen molar-refractivity contribution in [2.75, 3.05) is 19.7 Å². The van der Waals surface area contributed by atoms with Gasteiger partial charge in [-0.2, -0.15) is 0 Å². The Kier molecular flexibility index (Phi) is 5.41. The fourth-order valence-corrected chi connectivity index (χ4v) is 2.88. The maximum atomic E-state index is 11.5. The van der Waals surface area contributed by atoms with Crippen LogP contribution < -0.4 is 5.32 Å². The molecule has 1 amide bonds. The maximum Gasteiger partial charge on any atom is 0.407 e. The fraction of sp³-hybridized carbons (Fsp3) is 0.562. The van der Waals surface area contributed by atoms with Crippen molar-refractivity contribution in [1.29, 1.82) is 0 Å². The van der Waals surface area contributed by atoms with Gasteiger partial charge in [0.05, 0.1) is 6.61 Å². The van der Waals surface area contributed by atoms with Crippen molar-refractivity contribution in [2.24, 2.45) is 5.92 Å². The highest BCUT2D eigenvalue weighted by molar-refractivity contribution is 5.67. The van der Waals surface area contributed by atoms with Crippen LogP contribution in [0.4, 0.5) is 4.79 Å². The van der Waals surface area contributed by atoms with Gasteiger partial charge in [-0.3, -0.25) is 4.90 Å². The summed E-state index contributed by atoms with van der Waals surface area (Å²) in [6.45, 7) is 7.38. The van der Waals surface area contributed by atoms with E-state index in [4.69, 9.17) is 4.74 Å². The number of amides is 1. The van der Waals surface area contributed by atoms with Crippen LogP contribution in [-0.4, -0.2) is 36.7 Å². The summed E-state index contributed by atoms with van der Waals surface area (Å²) < 4.78 is 4.96. The van der Waals surface area contributed by atoms with E-state index in [1.165, 1.54) is 5.56 Å². The van der Waals surface area contributed by atoms with E-state index in [1.54, 1.807) is 0 Å². The van der Waals surface area contributed by atoms with E-state index in [9.17, 15) is 4.79 Å². The van der Waals surface area contributed by atoms with Crippen LogP contribution in [0.25, 0.3) is 0 Å². The zero-order valence-electron chi connectivity index (χ0n) is 12.3. The first-order valence-electron chi connectivity index (χ1n) is 7.37. The van der Waals surface area contributed by atoms with Crippen LogP contribution in [0.2, 0.25) is 0 Å². The lowest BCUT2D eigenvalue weighted by Gasteiger charge is -2.36. The van der Waals surface area contributed by atoms with Gasteiger partial charge in [-0.15, -0.1) is 0 Å². The molecular formula is C16H24N2O2. The number of hydrogen-bond donors (Lipinski definition) is 1. The number of piperidine rings is 1. The van der Waals surface area contributed by atoms with Crippen molar-refractivity contribution in [3.05, 3.63) is 35.9 Å². The lowest BCUT2D eigenvalue weighted by molar-refractivity contribution is 0.118. The summed E-state index contributed by atoms with van der Waals surface area (Å²) in [7, 11) is 0. The van der Waals surface area contributed by atoms with Crippen LogP contribution in [0.15, 0.2) is 30.3 Å². The highest BCUT2D eigenvalue weighted by Crippen LogP contribution is 2.18. The van der Waals surface area contributed by atoms with Gasteiger partial charge in [0.2, 0.25) is 0 Å². The van der Waals surface area contributed by atoms with Crippen LogP contribution in [0.5, 0.6) is 0 Å². The highest BCUT2D eigenvalue weighted by atomic mass is 16.5. The molecule has 1 aliphatic heterocycles. The Labute approximate surface area is 121 Å². The Balaban J connectivity index is 1.89. The largest absolute Gasteiger partial charge is 0.450 e. The van der Waals surface area contributed by atoms with Crippen molar-refractivity contribution < 1.29 is 9.53 Å². The highest BCUT2D eigenvalue weighted by Gasteiger charge is 2.26. The van der Waals surface area contributed by atoms with Gasteiger partial charge in [-0.1, -0.05) is 37.3 Å². The summed E-state index contributed by atoms with van der Waals surface area (Å²) in [5, 5.41) is 2.96. The number of nitrogens with zero attached hydrogens (tertiary/aromatic N) is 1. The third-order valence-electron chi connectivity index (χ3n) is 3.58. The number of benzene rings is 1. The number of carbonyl (C=O) groups is 1. The normalized spacial score (nSPS) is 23.3. The number of nitrogens with one attached hydrogen (secondary N) is 1. The molecule has 1 saturated heterocycles. The molecule has 2 unspecified atom stereocenters. The van der Waals surface area contributed by atoms with Crippen molar-refractivity contribution in [2.45, 2.75) is 32.9 Å². The minimum absolute atomic E-state index is 0.182. The van der Waals surface area contributed by atoms with E-state index in [2.05, 4.69) is 41.4 Å². The zero-order valence-corrected chi connectivity index (χ0v) is 12.3. The van der Waals surface area contributed by atoms with Crippen LogP contribution in [-0.2, 0) is 11.3 Å². The molecule has 0 saturated carbocycles. The van der Waals surface area contributed by atoms with Crippen molar-refractivity contribution in [3.8, 4) is 0 Å². The summed E-state index contributed by atoms with van der Waals surface area (Å²) in [5.41, 5.74) is 1.32. The van der Waals surface area contributed by atoms with Gasteiger partial charge in [-0.05, 0) is 24.8 Å². The first-order valence-corrected chi connectivity index (χ1v) is 7.37. The fourth-order valence-electron chi connectivity index (χ4n) is 2.88. The molecule has 0 radical (unpaired) electrons. The second-order valence-electron chi connectivity index (χ2n) is 5.58. The van der Waals surface area contributed by atoms with E-state index in [-0.39, 0.29) is 12.1 Å². The van der Waals surface area contributed by atoms with Gasteiger partial charge in [0, 0.05) is 25.7 Å². The van der Waals surface area contributed by atoms with E-state index in [0.29, 0.717) is 12.5 Å². The Morgan fingerprint density at radius 2 is 2.10 bits per heavy atom. The molecular weight excluding hydrogens is 252 g/mol. The molecule has 20 heavy (non-hydrogen) atoms. The zero-order chi connectivity index (χ0) is 14.4. The second kappa shape index (κ2) is 7.29. The van der Waals surface area contributed by atoms with Crippen LogP contribution >= 0.6 is 0 Å². The van der Waals surface area contributed by atoms with Crippen LogP contribution in [0.1, 0.15) is 25.8 Å². The number of rotatable bonds is 4. The summed E-state index contributed by atoms with van der Waals surface area (Å²) in [4.78, 5) is 13.9. The Bertz CT molecular complexity index is 422. The number of ether oxygens (including phenoxy) is 1. The molecule has 1 heterocycles. The summed E-state index contributed by atoms with van der Waals surface area (Å²) >= 11 is 0. The molecule has 4 heteroatoms. The number of carbonyl (C=O) groups excluding carboxylic acids is 1. The third kappa shape index (κ3) is 4.53. The quantitative estimate of drug-likeness (QED) is 0.919. The van der Waals surface area contributed by atoms with E-state index in [1.807, 2.05) is 13.0 Å². The summed E-state index contributed by atoms with van der Waals surface area (Å²) in [6.07, 6.45) is 0.718.